The maximum atomic E-state index is 12.9. The lowest BCUT2D eigenvalue weighted by Crippen LogP contribution is -2.23. The van der Waals surface area contributed by atoms with Crippen LogP contribution in [-0.4, -0.2) is 14.0 Å². The summed E-state index contributed by atoms with van der Waals surface area (Å²) in [6, 6.07) is 19.8. The second-order valence-corrected chi connectivity index (χ2v) is 7.84. The van der Waals surface area contributed by atoms with E-state index in [-0.39, 0.29) is 5.56 Å². The average Bonchev–Trinajstić information content (AvgIpc) is 3.31. The standard InChI is InChI=1S/C20H12BrN3OS/c21-13-5-3-6-14(11-13)23-10-4-7-15(23)12-18-19(25)24-17-9-2-1-8-16(17)22-20(24)26-18/h1-12H/b18-12-. The van der Waals surface area contributed by atoms with Gasteiger partial charge in [-0.3, -0.25) is 4.79 Å². The number of hydrogen-bond donors (Lipinski definition) is 0. The van der Waals surface area contributed by atoms with Gasteiger partial charge in [0.1, 0.15) is 0 Å². The highest BCUT2D eigenvalue weighted by molar-refractivity contribution is 9.10. The molecule has 2 aromatic carbocycles. The van der Waals surface area contributed by atoms with Gasteiger partial charge in [0.25, 0.3) is 5.56 Å². The highest BCUT2D eigenvalue weighted by Gasteiger charge is 2.11. The zero-order chi connectivity index (χ0) is 17.7. The van der Waals surface area contributed by atoms with Crippen LogP contribution in [0, 0.1) is 0 Å². The van der Waals surface area contributed by atoms with Crippen molar-refractivity contribution in [2.45, 2.75) is 0 Å². The van der Waals surface area contributed by atoms with Crippen molar-refractivity contribution in [3.63, 3.8) is 0 Å². The van der Waals surface area contributed by atoms with Crippen LogP contribution in [0.3, 0.4) is 0 Å². The molecule has 0 saturated carbocycles. The number of benzene rings is 2. The van der Waals surface area contributed by atoms with E-state index < -0.39 is 0 Å². The summed E-state index contributed by atoms with van der Waals surface area (Å²) in [5.41, 5.74) is 3.66. The Balaban J connectivity index is 1.72. The maximum absolute atomic E-state index is 12.9. The molecule has 4 nitrogen and oxygen atoms in total. The summed E-state index contributed by atoms with van der Waals surface area (Å²) < 4.78 is 5.44. The van der Waals surface area contributed by atoms with E-state index >= 15 is 0 Å². The lowest BCUT2D eigenvalue weighted by molar-refractivity contribution is 1.06. The third kappa shape index (κ3) is 2.41. The van der Waals surface area contributed by atoms with E-state index in [0.717, 1.165) is 31.8 Å². The first-order chi connectivity index (χ1) is 12.7. The SMILES string of the molecule is O=c1/c(=C/c2cccn2-c2cccc(Br)c2)sc2nc3ccccc3n12. The minimum Gasteiger partial charge on any atom is -0.317 e. The highest BCUT2D eigenvalue weighted by Crippen LogP contribution is 2.19. The van der Waals surface area contributed by atoms with E-state index in [1.807, 2.05) is 72.9 Å². The summed E-state index contributed by atoms with van der Waals surface area (Å²) in [4.78, 5) is 18.2. The first-order valence-corrected chi connectivity index (χ1v) is 9.67. The minimum atomic E-state index is -0.0271. The second-order valence-electron chi connectivity index (χ2n) is 5.92. The fourth-order valence-corrected chi connectivity index (χ4v) is 4.48. The molecule has 0 radical (unpaired) electrons. The number of halogens is 1. The molecular formula is C20H12BrN3OS. The van der Waals surface area contributed by atoms with Crippen LogP contribution in [0.25, 0.3) is 27.8 Å². The first-order valence-electron chi connectivity index (χ1n) is 8.06. The molecule has 5 aromatic rings. The molecule has 6 heteroatoms. The molecule has 0 unspecified atom stereocenters. The Kier molecular flexibility index (Phi) is 3.55. The summed E-state index contributed by atoms with van der Waals surface area (Å²) in [6.07, 6.45) is 3.92. The van der Waals surface area contributed by atoms with Crippen molar-refractivity contribution in [3.8, 4) is 5.69 Å². The van der Waals surface area contributed by atoms with E-state index in [4.69, 9.17) is 0 Å². The molecule has 0 aliphatic rings. The zero-order valence-electron chi connectivity index (χ0n) is 13.5. The lowest BCUT2D eigenvalue weighted by Gasteiger charge is -2.06. The minimum absolute atomic E-state index is 0.0271. The van der Waals surface area contributed by atoms with E-state index in [0.29, 0.717) is 4.53 Å². The van der Waals surface area contributed by atoms with Gasteiger partial charge in [-0.2, -0.15) is 0 Å². The maximum Gasteiger partial charge on any atom is 0.275 e. The van der Waals surface area contributed by atoms with Gasteiger partial charge in [-0.1, -0.05) is 45.5 Å². The van der Waals surface area contributed by atoms with Crippen molar-refractivity contribution in [2.24, 2.45) is 0 Å². The van der Waals surface area contributed by atoms with Crippen molar-refractivity contribution in [3.05, 3.63) is 91.9 Å². The summed E-state index contributed by atoms with van der Waals surface area (Å²) in [7, 11) is 0. The Morgan fingerprint density at radius 1 is 1.04 bits per heavy atom. The van der Waals surface area contributed by atoms with Gasteiger partial charge in [-0.25, -0.2) is 9.38 Å². The van der Waals surface area contributed by atoms with Crippen LogP contribution < -0.4 is 10.1 Å². The number of rotatable bonds is 2. The fourth-order valence-electron chi connectivity index (χ4n) is 3.12. The summed E-state index contributed by atoms with van der Waals surface area (Å²) in [6.45, 7) is 0. The molecular weight excluding hydrogens is 410 g/mol. The van der Waals surface area contributed by atoms with Gasteiger partial charge in [0.15, 0.2) is 4.96 Å². The Morgan fingerprint density at radius 2 is 1.92 bits per heavy atom. The fraction of sp³-hybridized carbons (Fsp3) is 0. The van der Waals surface area contributed by atoms with Gasteiger partial charge in [0, 0.05) is 22.1 Å². The Hall–Kier alpha value is -2.70. The zero-order valence-corrected chi connectivity index (χ0v) is 15.9. The number of imidazole rings is 1. The molecule has 126 valence electrons. The molecule has 0 bridgehead atoms. The summed E-state index contributed by atoms with van der Waals surface area (Å²) >= 11 is 4.92. The molecule has 0 atom stereocenters. The molecule has 26 heavy (non-hydrogen) atoms. The van der Waals surface area contributed by atoms with E-state index in [9.17, 15) is 4.79 Å². The third-order valence-corrected chi connectivity index (χ3v) is 5.75. The van der Waals surface area contributed by atoms with Crippen molar-refractivity contribution >= 4 is 49.3 Å². The van der Waals surface area contributed by atoms with Crippen molar-refractivity contribution in [2.75, 3.05) is 0 Å². The number of nitrogens with zero attached hydrogens (tertiary/aromatic N) is 3. The number of thiazole rings is 1. The van der Waals surface area contributed by atoms with E-state index in [1.165, 1.54) is 11.3 Å². The number of fused-ring (bicyclic) bond motifs is 3. The molecule has 0 amide bonds. The quantitative estimate of drug-likeness (QED) is 0.431. The molecule has 0 fully saturated rings. The molecule has 5 rings (SSSR count). The third-order valence-electron chi connectivity index (χ3n) is 4.29. The Morgan fingerprint density at radius 3 is 2.81 bits per heavy atom. The monoisotopic (exact) mass is 421 g/mol. The largest absolute Gasteiger partial charge is 0.317 e. The van der Waals surface area contributed by atoms with Gasteiger partial charge in [-0.15, -0.1) is 0 Å². The van der Waals surface area contributed by atoms with Crippen LogP contribution in [0.5, 0.6) is 0 Å². The van der Waals surface area contributed by atoms with Gasteiger partial charge < -0.3 is 4.57 Å². The van der Waals surface area contributed by atoms with Gasteiger partial charge in [0.2, 0.25) is 0 Å². The van der Waals surface area contributed by atoms with Crippen molar-refractivity contribution < 1.29 is 0 Å². The van der Waals surface area contributed by atoms with Crippen LogP contribution in [0.2, 0.25) is 0 Å². The number of aromatic nitrogens is 3. The first kappa shape index (κ1) is 15.5. The number of para-hydroxylation sites is 2. The smallest absolute Gasteiger partial charge is 0.275 e. The number of hydrogen-bond acceptors (Lipinski definition) is 3. The molecule has 0 saturated heterocycles. The molecule has 0 aliphatic heterocycles. The van der Waals surface area contributed by atoms with Crippen LogP contribution in [0.4, 0.5) is 0 Å². The molecule has 0 spiro atoms. The molecule has 0 aliphatic carbocycles. The lowest BCUT2D eigenvalue weighted by atomic mass is 10.3. The normalized spacial score (nSPS) is 12.4. The molecule has 3 aromatic heterocycles. The van der Waals surface area contributed by atoms with Crippen molar-refractivity contribution in [1.29, 1.82) is 0 Å². The average molecular weight is 422 g/mol. The van der Waals surface area contributed by atoms with Gasteiger partial charge in [-0.05, 0) is 48.5 Å². The predicted molar refractivity (Wildman–Crippen MR) is 109 cm³/mol. The second kappa shape index (κ2) is 5.93. The molecule has 0 N–H and O–H groups in total. The topological polar surface area (TPSA) is 39.3 Å². The Labute approximate surface area is 160 Å². The van der Waals surface area contributed by atoms with Gasteiger partial charge in [0.05, 0.1) is 15.6 Å². The van der Waals surface area contributed by atoms with E-state index in [2.05, 4.69) is 25.5 Å². The van der Waals surface area contributed by atoms with Crippen molar-refractivity contribution in [1.82, 2.24) is 14.0 Å². The van der Waals surface area contributed by atoms with Crippen LogP contribution >= 0.6 is 27.3 Å². The highest BCUT2D eigenvalue weighted by atomic mass is 79.9. The summed E-state index contributed by atoms with van der Waals surface area (Å²) in [5.74, 6) is 0. The molecule has 3 heterocycles. The predicted octanol–water partition coefficient (Wildman–Crippen LogP) is 4.01. The van der Waals surface area contributed by atoms with Gasteiger partial charge >= 0.3 is 0 Å². The summed E-state index contributed by atoms with van der Waals surface area (Å²) in [5, 5.41) is 0. The van der Waals surface area contributed by atoms with Crippen LogP contribution in [0.15, 0.2) is 76.1 Å². The Bertz CT molecular complexity index is 1380. The van der Waals surface area contributed by atoms with Crippen LogP contribution in [-0.2, 0) is 0 Å². The van der Waals surface area contributed by atoms with E-state index in [1.54, 1.807) is 4.40 Å². The van der Waals surface area contributed by atoms with Crippen LogP contribution in [0.1, 0.15) is 5.69 Å².